The van der Waals surface area contributed by atoms with Crippen molar-refractivity contribution in [1.82, 2.24) is 4.98 Å². The zero-order valence-corrected chi connectivity index (χ0v) is 11.3. The number of benzene rings is 1. The van der Waals surface area contributed by atoms with Gasteiger partial charge in [0.15, 0.2) is 5.82 Å². The number of hydrogen-bond donors (Lipinski definition) is 1. The van der Waals surface area contributed by atoms with E-state index < -0.39 is 18.3 Å². The minimum absolute atomic E-state index is 0.0618. The number of hydrogen-bond acceptors (Lipinski definition) is 4. The van der Waals surface area contributed by atoms with E-state index in [-0.39, 0.29) is 11.5 Å². The molecule has 1 N–H and O–H groups in total. The molecule has 22 heavy (non-hydrogen) atoms. The summed E-state index contributed by atoms with van der Waals surface area (Å²) in [6.45, 7) is 0. The molecule has 0 bridgehead atoms. The molecule has 3 rings (SSSR count). The molecule has 1 aliphatic heterocycles. The Kier molecular flexibility index (Phi) is 3.37. The van der Waals surface area contributed by atoms with Gasteiger partial charge in [-0.2, -0.15) is 18.3 Å². The molecule has 4 nitrogen and oxygen atoms in total. The zero-order valence-electron chi connectivity index (χ0n) is 11.3. The fraction of sp³-hybridized carbons (Fsp3) is 0.200. The van der Waals surface area contributed by atoms with E-state index in [1.54, 1.807) is 36.4 Å². The monoisotopic (exact) mass is 307 g/mol. The van der Waals surface area contributed by atoms with Crippen LogP contribution in [0.25, 0.3) is 0 Å². The first kappa shape index (κ1) is 14.5. The summed E-state index contributed by atoms with van der Waals surface area (Å²) in [5.74, 6) is -0.0618. The van der Waals surface area contributed by atoms with Crippen LogP contribution in [0.5, 0.6) is 0 Å². The molecule has 7 heteroatoms. The number of hydrazone groups is 1. The van der Waals surface area contributed by atoms with Gasteiger partial charge in [-0.3, -0.25) is 0 Å². The summed E-state index contributed by atoms with van der Waals surface area (Å²) in [4.78, 5) is 3.86. The van der Waals surface area contributed by atoms with E-state index in [9.17, 15) is 18.3 Å². The van der Waals surface area contributed by atoms with E-state index in [2.05, 4.69) is 10.1 Å². The molecule has 1 unspecified atom stereocenters. The Morgan fingerprint density at radius 3 is 2.32 bits per heavy atom. The number of aromatic nitrogens is 1. The van der Waals surface area contributed by atoms with Gasteiger partial charge >= 0.3 is 6.18 Å². The molecule has 114 valence electrons. The smallest absolute Gasteiger partial charge is 0.362 e. The fourth-order valence-electron chi connectivity index (χ4n) is 2.28. The van der Waals surface area contributed by atoms with Gasteiger partial charge in [-0.05, 0) is 17.7 Å². The van der Waals surface area contributed by atoms with Gasteiger partial charge in [0.2, 0.25) is 0 Å². The summed E-state index contributed by atoms with van der Waals surface area (Å²) >= 11 is 0. The quantitative estimate of drug-likeness (QED) is 0.928. The SMILES string of the molecule is OC1(C(F)(F)F)CC(c2ccccc2)=NN1c1ccccn1. The van der Waals surface area contributed by atoms with Gasteiger partial charge in [0.1, 0.15) is 0 Å². The second-order valence-electron chi connectivity index (χ2n) is 4.90. The van der Waals surface area contributed by atoms with Crippen molar-refractivity contribution in [2.24, 2.45) is 5.10 Å². The number of aliphatic hydroxyl groups is 1. The lowest BCUT2D eigenvalue weighted by molar-refractivity contribution is -0.254. The molecule has 1 atom stereocenters. The highest BCUT2D eigenvalue weighted by Gasteiger charge is 2.62. The Bertz CT molecular complexity index is 688. The third-order valence-corrected chi connectivity index (χ3v) is 3.41. The largest absolute Gasteiger partial charge is 0.438 e. The molecule has 0 fully saturated rings. The lowest BCUT2D eigenvalue weighted by Gasteiger charge is -2.33. The summed E-state index contributed by atoms with van der Waals surface area (Å²) in [6.07, 6.45) is -4.18. The van der Waals surface area contributed by atoms with Crippen molar-refractivity contribution in [1.29, 1.82) is 0 Å². The zero-order chi connectivity index (χ0) is 15.8. The molecule has 1 aromatic heterocycles. The second kappa shape index (κ2) is 5.10. The van der Waals surface area contributed by atoms with E-state index in [4.69, 9.17) is 0 Å². The Hall–Kier alpha value is -2.41. The van der Waals surface area contributed by atoms with Crippen LogP contribution in [0, 0.1) is 0 Å². The van der Waals surface area contributed by atoms with Crippen LogP contribution >= 0.6 is 0 Å². The molecule has 0 radical (unpaired) electrons. The average molecular weight is 307 g/mol. The molecule has 2 aromatic rings. The van der Waals surface area contributed by atoms with Crippen LogP contribution in [0.2, 0.25) is 0 Å². The highest BCUT2D eigenvalue weighted by Crippen LogP contribution is 2.42. The predicted octanol–water partition coefficient (Wildman–Crippen LogP) is 2.95. The number of nitrogens with zero attached hydrogens (tertiary/aromatic N) is 3. The van der Waals surface area contributed by atoms with E-state index in [0.29, 0.717) is 10.6 Å². The molecule has 0 spiro atoms. The first-order valence-electron chi connectivity index (χ1n) is 6.55. The van der Waals surface area contributed by atoms with Crippen LogP contribution in [-0.2, 0) is 0 Å². The molecule has 0 aliphatic carbocycles. The van der Waals surface area contributed by atoms with Crippen molar-refractivity contribution in [3.8, 4) is 0 Å². The average Bonchev–Trinajstić information content (AvgIpc) is 2.88. The first-order chi connectivity index (χ1) is 10.4. The maximum absolute atomic E-state index is 13.4. The van der Waals surface area contributed by atoms with Gasteiger partial charge in [0, 0.05) is 6.20 Å². The summed E-state index contributed by atoms with van der Waals surface area (Å²) in [5.41, 5.74) is -2.42. The van der Waals surface area contributed by atoms with Crippen molar-refractivity contribution < 1.29 is 18.3 Å². The molecule has 1 aliphatic rings. The number of anilines is 1. The van der Waals surface area contributed by atoms with E-state index in [0.717, 1.165) is 0 Å². The highest BCUT2D eigenvalue weighted by atomic mass is 19.4. The summed E-state index contributed by atoms with van der Waals surface area (Å²) in [7, 11) is 0. The van der Waals surface area contributed by atoms with Gasteiger partial charge in [0.25, 0.3) is 5.72 Å². The molecule has 0 saturated carbocycles. The Labute approximate surface area is 124 Å². The van der Waals surface area contributed by atoms with Crippen molar-refractivity contribution in [3.05, 3.63) is 60.3 Å². The van der Waals surface area contributed by atoms with Crippen LogP contribution in [-0.4, -0.2) is 27.7 Å². The fourth-order valence-corrected chi connectivity index (χ4v) is 2.28. The standard InChI is InChI=1S/C15H12F3N3O/c16-15(17,18)14(22)10-12(11-6-2-1-3-7-11)20-21(14)13-8-4-5-9-19-13/h1-9,22H,10H2. The Balaban J connectivity index is 2.07. The van der Waals surface area contributed by atoms with Crippen LogP contribution in [0.15, 0.2) is 59.8 Å². The van der Waals surface area contributed by atoms with Crippen molar-refractivity contribution >= 4 is 11.5 Å². The van der Waals surface area contributed by atoms with Crippen LogP contribution < -0.4 is 5.01 Å². The van der Waals surface area contributed by atoms with E-state index in [1.807, 2.05) is 0 Å². The van der Waals surface area contributed by atoms with Gasteiger partial charge in [-0.15, -0.1) is 0 Å². The molecular formula is C15H12F3N3O. The summed E-state index contributed by atoms with van der Waals surface area (Å²) < 4.78 is 40.1. The maximum atomic E-state index is 13.4. The lowest BCUT2D eigenvalue weighted by atomic mass is 10.0. The lowest BCUT2D eigenvalue weighted by Crippen LogP contribution is -2.55. The van der Waals surface area contributed by atoms with Crippen molar-refractivity contribution in [2.45, 2.75) is 18.3 Å². The van der Waals surface area contributed by atoms with E-state index >= 15 is 0 Å². The Morgan fingerprint density at radius 2 is 1.73 bits per heavy atom. The van der Waals surface area contributed by atoms with Crippen LogP contribution in [0.1, 0.15) is 12.0 Å². The van der Waals surface area contributed by atoms with Gasteiger partial charge < -0.3 is 5.11 Å². The molecule has 0 amide bonds. The predicted molar refractivity (Wildman–Crippen MR) is 75.3 cm³/mol. The molecule has 0 saturated heterocycles. The maximum Gasteiger partial charge on any atom is 0.438 e. The third kappa shape index (κ3) is 2.33. The molecular weight excluding hydrogens is 295 g/mol. The minimum atomic E-state index is -4.87. The number of halogens is 3. The van der Waals surface area contributed by atoms with Crippen LogP contribution in [0.3, 0.4) is 0 Å². The Morgan fingerprint density at radius 1 is 1.05 bits per heavy atom. The van der Waals surface area contributed by atoms with Gasteiger partial charge in [-0.1, -0.05) is 36.4 Å². The van der Waals surface area contributed by atoms with Crippen LogP contribution in [0.4, 0.5) is 19.0 Å². The number of pyridine rings is 1. The summed E-state index contributed by atoms with van der Waals surface area (Å²) in [6, 6.07) is 12.9. The van der Waals surface area contributed by atoms with Gasteiger partial charge in [-0.25, -0.2) is 9.99 Å². The minimum Gasteiger partial charge on any atom is -0.362 e. The van der Waals surface area contributed by atoms with E-state index in [1.165, 1.54) is 18.3 Å². The highest BCUT2D eigenvalue weighted by molar-refractivity contribution is 6.03. The number of rotatable bonds is 2. The normalized spacial score (nSPS) is 21.8. The first-order valence-corrected chi connectivity index (χ1v) is 6.55. The third-order valence-electron chi connectivity index (χ3n) is 3.41. The second-order valence-corrected chi connectivity index (χ2v) is 4.90. The van der Waals surface area contributed by atoms with Crippen molar-refractivity contribution in [3.63, 3.8) is 0 Å². The molecule has 1 aromatic carbocycles. The van der Waals surface area contributed by atoms with Crippen molar-refractivity contribution in [2.75, 3.05) is 5.01 Å². The number of alkyl halides is 3. The van der Waals surface area contributed by atoms with Gasteiger partial charge in [0.05, 0.1) is 12.1 Å². The molecule has 2 heterocycles. The summed E-state index contributed by atoms with van der Waals surface area (Å²) in [5, 5.41) is 14.7. The topological polar surface area (TPSA) is 48.7 Å².